The molecule has 1 aliphatic rings. The van der Waals surface area contributed by atoms with Gasteiger partial charge in [-0.15, -0.1) is 0 Å². The molecule has 2 unspecified atom stereocenters. The van der Waals surface area contributed by atoms with Crippen molar-refractivity contribution in [2.24, 2.45) is 0 Å². The molecule has 0 spiro atoms. The van der Waals surface area contributed by atoms with Crippen LogP contribution in [0.1, 0.15) is 54.0 Å². The predicted molar refractivity (Wildman–Crippen MR) is 90.6 cm³/mol. The fourth-order valence-electron chi connectivity index (χ4n) is 3.43. The van der Waals surface area contributed by atoms with E-state index in [0.717, 1.165) is 18.4 Å². The first-order valence-corrected chi connectivity index (χ1v) is 7.77. The Balaban J connectivity index is 2.00. The van der Waals surface area contributed by atoms with Gasteiger partial charge in [-0.25, -0.2) is 0 Å². The van der Waals surface area contributed by atoms with Crippen LogP contribution in [-0.4, -0.2) is 5.91 Å². The minimum absolute atomic E-state index is 0.0342. The van der Waals surface area contributed by atoms with Crippen LogP contribution in [0.25, 0.3) is 6.08 Å². The van der Waals surface area contributed by atoms with Gasteiger partial charge in [0.25, 0.3) is 0 Å². The first kappa shape index (κ1) is 14.6. The van der Waals surface area contributed by atoms with Crippen molar-refractivity contribution in [2.45, 2.75) is 31.7 Å². The van der Waals surface area contributed by atoms with Gasteiger partial charge in [0.15, 0.2) is 0 Å². The van der Waals surface area contributed by atoms with Crippen molar-refractivity contribution in [2.75, 3.05) is 0 Å². The standard InChI is InChI=1S/C20H21NO/c1-3-15-7-6-8-16(13-15)17-11-12-20(21-14(2)22)19-10-5-4-9-18(17)19/h3-10,13,17,20H,1,11-12H2,2H3,(H,21,22). The maximum absolute atomic E-state index is 11.4. The van der Waals surface area contributed by atoms with Gasteiger partial charge in [0.1, 0.15) is 0 Å². The lowest BCUT2D eigenvalue weighted by atomic mass is 9.76. The molecule has 0 radical (unpaired) electrons. The van der Waals surface area contributed by atoms with Crippen molar-refractivity contribution >= 4 is 12.0 Å². The first-order valence-electron chi connectivity index (χ1n) is 7.77. The zero-order chi connectivity index (χ0) is 15.5. The van der Waals surface area contributed by atoms with Gasteiger partial charge in [-0.1, -0.05) is 61.2 Å². The van der Waals surface area contributed by atoms with Crippen molar-refractivity contribution in [3.8, 4) is 0 Å². The van der Waals surface area contributed by atoms with E-state index in [9.17, 15) is 4.79 Å². The van der Waals surface area contributed by atoms with Gasteiger partial charge in [0, 0.05) is 12.8 Å². The highest BCUT2D eigenvalue weighted by molar-refractivity contribution is 5.73. The Morgan fingerprint density at radius 3 is 2.64 bits per heavy atom. The summed E-state index contributed by atoms with van der Waals surface area (Å²) in [6, 6.07) is 17.2. The molecule has 1 amide bonds. The third kappa shape index (κ3) is 2.82. The maximum atomic E-state index is 11.4. The predicted octanol–water partition coefficient (Wildman–Crippen LogP) is 4.43. The van der Waals surface area contributed by atoms with Crippen LogP contribution in [0.3, 0.4) is 0 Å². The van der Waals surface area contributed by atoms with Gasteiger partial charge < -0.3 is 5.32 Å². The minimum atomic E-state index is 0.0342. The molecule has 0 bridgehead atoms. The van der Waals surface area contributed by atoms with Gasteiger partial charge in [-0.05, 0) is 35.1 Å². The van der Waals surface area contributed by atoms with Crippen LogP contribution in [0, 0.1) is 0 Å². The Bertz CT molecular complexity index is 704. The van der Waals surface area contributed by atoms with E-state index in [2.05, 4.69) is 60.4 Å². The van der Waals surface area contributed by atoms with E-state index in [1.165, 1.54) is 16.7 Å². The van der Waals surface area contributed by atoms with Crippen LogP contribution in [-0.2, 0) is 4.79 Å². The second-order valence-corrected chi connectivity index (χ2v) is 5.89. The number of hydrogen-bond acceptors (Lipinski definition) is 1. The molecule has 3 rings (SSSR count). The van der Waals surface area contributed by atoms with Crippen molar-refractivity contribution < 1.29 is 4.79 Å². The van der Waals surface area contributed by atoms with E-state index < -0.39 is 0 Å². The summed E-state index contributed by atoms with van der Waals surface area (Å²) in [6.07, 6.45) is 3.90. The van der Waals surface area contributed by atoms with Gasteiger partial charge >= 0.3 is 0 Å². The molecule has 2 aromatic rings. The summed E-state index contributed by atoms with van der Waals surface area (Å²) in [5, 5.41) is 3.08. The summed E-state index contributed by atoms with van der Waals surface area (Å²) in [7, 11) is 0. The summed E-state index contributed by atoms with van der Waals surface area (Å²) in [5.41, 5.74) is 5.05. The van der Waals surface area contributed by atoms with E-state index in [1.54, 1.807) is 6.92 Å². The van der Waals surface area contributed by atoms with Crippen molar-refractivity contribution in [1.29, 1.82) is 0 Å². The quantitative estimate of drug-likeness (QED) is 0.890. The molecule has 0 saturated heterocycles. The molecule has 2 aromatic carbocycles. The molecule has 1 N–H and O–H groups in total. The van der Waals surface area contributed by atoms with E-state index in [4.69, 9.17) is 0 Å². The minimum Gasteiger partial charge on any atom is -0.350 e. The fourth-order valence-corrected chi connectivity index (χ4v) is 3.43. The topological polar surface area (TPSA) is 29.1 Å². The summed E-state index contributed by atoms with van der Waals surface area (Å²) in [5.74, 6) is 0.424. The van der Waals surface area contributed by atoms with Crippen molar-refractivity contribution in [3.63, 3.8) is 0 Å². The molecule has 22 heavy (non-hydrogen) atoms. The Morgan fingerprint density at radius 2 is 1.91 bits per heavy atom. The highest BCUT2D eigenvalue weighted by Gasteiger charge is 2.28. The highest BCUT2D eigenvalue weighted by atomic mass is 16.1. The zero-order valence-electron chi connectivity index (χ0n) is 12.9. The van der Waals surface area contributed by atoms with Crippen LogP contribution in [0.15, 0.2) is 55.1 Å². The lowest BCUT2D eigenvalue weighted by Crippen LogP contribution is -2.30. The van der Waals surface area contributed by atoms with E-state index in [0.29, 0.717) is 5.92 Å². The molecule has 2 heteroatoms. The molecule has 112 valence electrons. The van der Waals surface area contributed by atoms with Crippen molar-refractivity contribution in [3.05, 3.63) is 77.4 Å². The summed E-state index contributed by atoms with van der Waals surface area (Å²) in [4.78, 5) is 11.4. The van der Waals surface area contributed by atoms with E-state index in [-0.39, 0.29) is 11.9 Å². The number of nitrogens with one attached hydrogen (secondary N) is 1. The molecule has 2 atom stereocenters. The van der Waals surface area contributed by atoms with Gasteiger partial charge in [-0.3, -0.25) is 4.79 Å². The average Bonchev–Trinajstić information content (AvgIpc) is 2.55. The SMILES string of the molecule is C=Cc1cccc(C2CCC(NC(C)=O)c3ccccc32)c1. The highest BCUT2D eigenvalue weighted by Crippen LogP contribution is 2.41. The number of benzene rings is 2. The third-order valence-electron chi connectivity index (χ3n) is 4.42. The fraction of sp³-hybridized carbons (Fsp3) is 0.250. The van der Waals surface area contributed by atoms with Crippen molar-refractivity contribution in [1.82, 2.24) is 5.32 Å². The monoisotopic (exact) mass is 291 g/mol. The molecule has 0 aliphatic heterocycles. The van der Waals surface area contributed by atoms with Gasteiger partial charge in [0.05, 0.1) is 6.04 Å². The molecule has 1 aliphatic carbocycles. The number of fused-ring (bicyclic) bond motifs is 1. The lowest BCUT2D eigenvalue weighted by Gasteiger charge is -2.32. The van der Waals surface area contributed by atoms with E-state index >= 15 is 0 Å². The largest absolute Gasteiger partial charge is 0.350 e. The Morgan fingerprint density at radius 1 is 1.14 bits per heavy atom. The number of hydrogen-bond donors (Lipinski definition) is 1. The second-order valence-electron chi connectivity index (χ2n) is 5.89. The summed E-state index contributed by atoms with van der Waals surface area (Å²) >= 11 is 0. The Kier molecular flexibility index (Phi) is 4.10. The third-order valence-corrected chi connectivity index (χ3v) is 4.42. The maximum Gasteiger partial charge on any atom is 0.217 e. The van der Waals surface area contributed by atoms with E-state index in [1.807, 2.05) is 6.08 Å². The molecule has 2 nitrogen and oxygen atoms in total. The molecule has 0 fully saturated rings. The second kappa shape index (κ2) is 6.18. The molecular weight excluding hydrogens is 270 g/mol. The zero-order valence-corrected chi connectivity index (χ0v) is 12.9. The normalized spacial score (nSPS) is 20.0. The van der Waals surface area contributed by atoms with Crippen LogP contribution in [0.4, 0.5) is 0 Å². The number of amides is 1. The molecule has 0 aromatic heterocycles. The Hall–Kier alpha value is -2.35. The summed E-state index contributed by atoms with van der Waals surface area (Å²) in [6.45, 7) is 5.44. The summed E-state index contributed by atoms with van der Waals surface area (Å²) < 4.78 is 0. The van der Waals surface area contributed by atoms with Crippen LogP contribution in [0.2, 0.25) is 0 Å². The van der Waals surface area contributed by atoms with Gasteiger partial charge in [-0.2, -0.15) is 0 Å². The van der Waals surface area contributed by atoms with Crippen LogP contribution < -0.4 is 5.32 Å². The Labute approximate surface area is 131 Å². The lowest BCUT2D eigenvalue weighted by molar-refractivity contribution is -0.119. The van der Waals surface area contributed by atoms with Crippen LogP contribution in [0.5, 0.6) is 0 Å². The molecular formula is C20H21NO. The first-order chi connectivity index (χ1) is 10.7. The molecule has 0 heterocycles. The van der Waals surface area contributed by atoms with Gasteiger partial charge in [0.2, 0.25) is 5.91 Å². The average molecular weight is 291 g/mol. The smallest absolute Gasteiger partial charge is 0.217 e. The number of carbonyl (C=O) groups excluding carboxylic acids is 1. The molecule has 0 saturated carbocycles. The van der Waals surface area contributed by atoms with Crippen LogP contribution >= 0.6 is 0 Å². The number of carbonyl (C=O) groups is 1. The number of rotatable bonds is 3.